The zero-order chi connectivity index (χ0) is 15.2. The summed E-state index contributed by atoms with van der Waals surface area (Å²) in [6.45, 7) is 4.45. The average Bonchev–Trinajstić information content (AvgIpc) is 2.44. The molecule has 0 fully saturated rings. The van der Waals surface area contributed by atoms with Crippen molar-refractivity contribution in [2.75, 3.05) is 14.1 Å². The highest BCUT2D eigenvalue weighted by Crippen LogP contribution is 2.18. The second-order valence-electron chi connectivity index (χ2n) is 5.74. The lowest BCUT2D eigenvalue weighted by Gasteiger charge is -2.15. The second kappa shape index (κ2) is 7.25. The zero-order valence-corrected chi connectivity index (χ0v) is 13.1. The van der Waals surface area contributed by atoms with Gasteiger partial charge in [0.25, 0.3) is 0 Å². The van der Waals surface area contributed by atoms with Gasteiger partial charge in [0.2, 0.25) is 0 Å². The maximum atomic E-state index is 9.86. The summed E-state index contributed by atoms with van der Waals surface area (Å²) in [5.74, 6) is 0.356. The monoisotopic (exact) mass is 284 g/mol. The van der Waals surface area contributed by atoms with Crippen LogP contribution in [0.4, 0.5) is 0 Å². The molecule has 0 saturated heterocycles. The van der Waals surface area contributed by atoms with Crippen LogP contribution in [0.5, 0.6) is 5.75 Å². The van der Waals surface area contributed by atoms with E-state index in [1.54, 1.807) is 6.07 Å². The summed E-state index contributed by atoms with van der Waals surface area (Å²) >= 11 is 0. The molecule has 0 amide bonds. The first kappa shape index (κ1) is 15.5. The van der Waals surface area contributed by atoms with Gasteiger partial charge in [0, 0.05) is 25.2 Å². The molecule has 3 nitrogen and oxygen atoms in total. The third-order valence-electron chi connectivity index (χ3n) is 3.47. The maximum Gasteiger partial charge on any atom is 0.120 e. The van der Waals surface area contributed by atoms with E-state index in [0.717, 1.165) is 24.2 Å². The van der Waals surface area contributed by atoms with Crippen molar-refractivity contribution < 1.29 is 5.11 Å². The molecule has 21 heavy (non-hydrogen) atoms. The van der Waals surface area contributed by atoms with Gasteiger partial charge in [-0.05, 0) is 38.2 Å². The van der Waals surface area contributed by atoms with Crippen LogP contribution in [-0.2, 0) is 19.6 Å². The molecule has 0 aliphatic rings. The van der Waals surface area contributed by atoms with Crippen LogP contribution in [0.1, 0.15) is 22.3 Å². The molecule has 0 bridgehead atoms. The minimum absolute atomic E-state index is 0.356. The number of phenols is 1. The first-order valence-corrected chi connectivity index (χ1v) is 7.27. The minimum Gasteiger partial charge on any atom is -0.508 e. The molecule has 0 atom stereocenters. The molecule has 0 radical (unpaired) electrons. The highest BCUT2D eigenvalue weighted by atomic mass is 16.3. The van der Waals surface area contributed by atoms with Gasteiger partial charge < -0.3 is 15.3 Å². The first-order valence-electron chi connectivity index (χ1n) is 7.27. The van der Waals surface area contributed by atoms with E-state index in [2.05, 4.69) is 48.6 Å². The molecule has 2 aromatic carbocycles. The van der Waals surface area contributed by atoms with E-state index < -0.39 is 0 Å². The zero-order valence-electron chi connectivity index (χ0n) is 13.1. The van der Waals surface area contributed by atoms with Gasteiger partial charge in [-0.15, -0.1) is 0 Å². The van der Waals surface area contributed by atoms with E-state index in [9.17, 15) is 5.11 Å². The molecular formula is C18H24N2O. The quantitative estimate of drug-likeness (QED) is 0.856. The summed E-state index contributed by atoms with van der Waals surface area (Å²) in [6.07, 6.45) is 0. The van der Waals surface area contributed by atoms with Crippen LogP contribution < -0.4 is 5.32 Å². The van der Waals surface area contributed by atoms with E-state index in [1.165, 1.54) is 11.1 Å². The van der Waals surface area contributed by atoms with E-state index >= 15 is 0 Å². The van der Waals surface area contributed by atoms with Gasteiger partial charge in [-0.2, -0.15) is 0 Å². The molecule has 0 unspecified atom stereocenters. The summed E-state index contributed by atoms with van der Waals surface area (Å²) in [5, 5.41) is 13.3. The number of hydrogen-bond acceptors (Lipinski definition) is 3. The molecule has 0 saturated carbocycles. The number of nitrogens with zero attached hydrogens (tertiary/aromatic N) is 1. The fourth-order valence-electron chi connectivity index (χ4n) is 2.41. The Morgan fingerprint density at radius 1 is 0.952 bits per heavy atom. The van der Waals surface area contributed by atoms with Crippen LogP contribution in [-0.4, -0.2) is 24.1 Å². The normalized spacial score (nSPS) is 11.0. The highest BCUT2D eigenvalue weighted by molar-refractivity contribution is 5.35. The molecule has 0 aromatic heterocycles. The Morgan fingerprint density at radius 2 is 1.62 bits per heavy atom. The first-order chi connectivity index (χ1) is 10.1. The van der Waals surface area contributed by atoms with Gasteiger partial charge >= 0.3 is 0 Å². The van der Waals surface area contributed by atoms with E-state index in [1.807, 2.05) is 19.1 Å². The SMILES string of the molecule is Cc1ccc(O)c(CNCc2ccccc2CN(C)C)c1. The van der Waals surface area contributed by atoms with Crippen molar-refractivity contribution in [1.82, 2.24) is 10.2 Å². The Morgan fingerprint density at radius 3 is 2.33 bits per heavy atom. The van der Waals surface area contributed by atoms with Crippen LogP contribution in [0.3, 0.4) is 0 Å². The Hall–Kier alpha value is -1.84. The largest absolute Gasteiger partial charge is 0.508 e. The predicted molar refractivity (Wildman–Crippen MR) is 87.2 cm³/mol. The number of aromatic hydroxyl groups is 1. The van der Waals surface area contributed by atoms with Crippen LogP contribution in [0.25, 0.3) is 0 Å². The average molecular weight is 284 g/mol. The number of benzene rings is 2. The molecule has 2 N–H and O–H groups in total. The fourth-order valence-corrected chi connectivity index (χ4v) is 2.41. The van der Waals surface area contributed by atoms with Crippen molar-refractivity contribution >= 4 is 0 Å². The van der Waals surface area contributed by atoms with Crippen LogP contribution >= 0.6 is 0 Å². The summed E-state index contributed by atoms with van der Waals surface area (Å²) in [4.78, 5) is 2.17. The molecule has 0 spiro atoms. The maximum absolute atomic E-state index is 9.86. The molecule has 2 rings (SSSR count). The van der Waals surface area contributed by atoms with Gasteiger partial charge in [0.05, 0.1) is 0 Å². The molecule has 2 aromatic rings. The number of rotatable bonds is 6. The van der Waals surface area contributed by atoms with E-state index in [-0.39, 0.29) is 0 Å². The number of hydrogen-bond donors (Lipinski definition) is 2. The third-order valence-corrected chi connectivity index (χ3v) is 3.47. The molecule has 0 heterocycles. The summed E-state index contributed by atoms with van der Waals surface area (Å²) in [5.41, 5.74) is 4.75. The Labute approximate surface area is 127 Å². The van der Waals surface area contributed by atoms with Crippen LogP contribution in [0.15, 0.2) is 42.5 Å². The van der Waals surface area contributed by atoms with Crippen molar-refractivity contribution in [3.05, 3.63) is 64.7 Å². The highest BCUT2D eigenvalue weighted by Gasteiger charge is 2.04. The lowest BCUT2D eigenvalue weighted by Crippen LogP contribution is -2.17. The molecule has 0 aliphatic heterocycles. The lowest BCUT2D eigenvalue weighted by molar-refractivity contribution is 0.400. The minimum atomic E-state index is 0.356. The predicted octanol–water partition coefficient (Wildman–Crippen LogP) is 3.05. The van der Waals surface area contributed by atoms with E-state index in [4.69, 9.17) is 0 Å². The molecule has 0 aliphatic carbocycles. The van der Waals surface area contributed by atoms with Crippen molar-refractivity contribution in [3.8, 4) is 5.75 Å². The summed E-state index contributed by atoms with van der Waals surface area (Å²) in [6, 6.07) is 14.2. The Bertz CT molecular complexity index is 594. The second-order valence-corrected chi connectivity index (χ2v) is 5.74. The van der Waals surface area contributed by atoms with Crippen molar-refractivity contribution in [3.63, 3.8) is 0 Å². The van der Waals surface area contributed by atoms with Gasteiger partial charge in [-0.3, -0.25) is 0 Å². The van der Waals surface area contributed by atoms with Gasteiger partial charge in [-0.25, -0.2) is 0 Å². The third kappa shape index (κ3) is 4.59. The lowest BCUT2D eigenvalue weighted by atomic mass is 10.1. The van der Waals surface area contributed by atoms with Crippen molar-refractivity contribution in [1.29, 1.82) is 0 Å². The van der Waals surface area contributed by atoms with Crippen molar-refractivity contribution in [2.45, 2.75) is 26.6 Å². The van der Waals surface area contributed by atoms with Crippen LogP contribution in [0.2, 0.25) is 0 Å². The number of aryl methyl sites for hydroxylation is 1. The van der Waals surface area contributed by atoms with Gasteiger partial charge in [-0.1, -0.05) is 42.0 Å². The van der Waals surface area contributed by atoms with Crippen molar-refractivity contribution in [2.24, 2.45) is 0 Å². The van der Waals surface area contributed by atoms with Gasteiger partial charge in [0.15, 0.2) is 0 Å². The topological polar surface area (TPSA) is 35.5 Å². The molecular weight excluding hydrogens is 260 g/mol. The summed E-state index contributed by atoms with van der Waals surface area (Å²) in [7, 11) is 4.16. The summed E-state index contributed by atoms with van der Waals surface area (Å²) < 4.78 is 0. The van der Waals surface area contributed by atoms with E-state index in [0.29, 0.717) is 12.3 Å². The van der Waals surface area contributed by atoms with Crippen LogP contribution in [0, 0.1) is 6.92 Å². The number of nitrogens with one attached hydrogen (secondary N) is 1. The standard InChI is InChI=1S/C18H24N2O/c1-14-8-9-18(21)17(10-14)12-19-11-15-6-4-5-7-16(15)13-20(2)3/h4-10,19,21H,11-13H2,1-3H3. The Kier molecular flexibility index (Phi) is 5.37. The smallest absolute Gasteiger partial charge is 0.120 e. The molecule has 3 heteroatoms. The fraction of sp³-hybridized carbons (Fsp3) is 0.333. The van der Waals surface area contributed by atoms with Gasteiger partial charge in [0.1, 0.15) is 5.75 Å². The Balaban J connectivity index is 1.99. The molecule has 112 valence electrons. The number of phenolic OH excluding ortho intramolecular Hbond substituents is 1.